The van der Waals surface area contributed by atoms with Crippen LogP contribution >= 0.6 is 0 Å². The Kier molecular flexibility index (Phi) is 3.27. The number of benzene rings is 1. The Morgan fingerprint density at radius 3 is 2.53 bits per heavy atom. The minimum absolute atomic E-state index is 0.0491. The first-order valence-electron chi connectivity index (χ1n) is 5.94. The Labute approximate surface area is 101 Å². The summed E-state index contributed by atoms with van der Waals surface area (Å²) in [5.74, 6) is 0.0799. The van der Waals surface area contributed by atoms with E-state index in [1.807, 2.05) is 37.3 Å². The van der Waals surface area contributed by atoms with Crippen molar-refractivity contribution in [2.45, 2.75) is 26.3 Å². The highest BCUT2D eigenvalue weighted by atomic mass is 16.2. The van der Waals surface area contributed by atoms with Crippen molar-refractivity contribution in [1.29, 1.82) is 0 Å². The Balaban J connectivity index is 2.14. The quantitative estimate of drug-likeness (QED) is 0.799. The lowest BCUT2D eigenvalue weighted by Gasteiger charge is -2.25. The van der Waals surface area contributed by atoms with Crippen LogP contribution in [0.3, 0.4) is 0 Å². The standard InChI is InChI=1S/C14H17NO2/c1-10(12-6-4-3-5-7-12)15-9-13(11(2)16)8-14(15)17/h3-7,10,13H,8-9H2,1-2H3. The number of carbonyl (C=O) groups excluding carboxylic acids is 2. The molecule has 1 aromatic rings. The number of hydrogen-bond acceptors (Lipinski definition) is 2. The first kappa shape index (κ1) is 11.8. The molecule has 1 heterocycles. The van der Waals surface area contributed by atoms with Crippen molar-refractivity contribution in [3.8, 4) is 0 Å². The van der Waals surface area contributed by atoms with Gasteiger partial charge in [-0.15, -0.1) is 0 Å². The van der Waals surface area contributed by atoms with Crippen molar-refractivity contribution in [1.82, 2.24) is 4.90 Å². The molecule has 1 amide bonds. The second-order valence-corrected chi connectivity index (χ2v) is 4.64. The van der Waals surface area contributed by atoms with Crippen molar-refractivity contribution >= 4 is 11.7 Å². The first-order chi connectivity index (χ1) is 8.09. The largest absolute Gasteiger partial charge is 0.335 e. The topological polar surface area (TPSA) is 37.4 Å². The van der Waals surface area contributed by atoms with E-state index in [1.165, 1.54) is 0 Å². The highest BCUT2D eigenvalue weighted by Crippen LogP contribution is 2.28. The lowest BCUT2D eigenvalue weighted by atomic mass is 10.0. The van der Waals surface area contributed by atoms with Gasteiger partial charge in [-0.05, 0) is 19.4 Å². The molecule has 2 unspecified atom stereocenters. The molecule has 3 nitrogen and oxygen atoms in total. The summed E-state index contributed by atoms with van der Waals surface area (Å²) in [6.45, 7) is 4.13. The molecule has 0 spiro atoms. The lowest BCUT2D eigenvalue weighted by Crippen LogP contribution is -2.29. The Hall–Kier alpha value is -1.64. The van der Waals surface area contributed by atoms with Gasteiger partial charge in [0.05, 0.1) is 6.04 Å². The van der Waals surface area contributed by atoms with E-state index in [0.29, 0.717) is 13.0 Å². The number of hydrogen-bond donors (Lipinski definition) is 0. The number of rotatable bonds is 3. The smallest absolute Gasteiger partial charge is 0.223 e. The molecule has 0 bridgehead atoms. The Morgan fingerprint density at radius 1 is 1.35 bits per heavy atom. The van der Waals surface area contributed by atoms with Crippen molar-refractivity contribution in [2.75, 3.05) is 6.54 Å². The highest BCUT2D eigenvalue weighted by Gasteiger charge is 2.35. The first-order valence-corrected chi connectivity index (χ1v) is 5.94. The van der Waals surface area contributed by atoms with Crippen LogP contribution in [0.25, 0.3) is 0 Å². The molecule has 17 heavy (non-hydrogen) atoms. The van der Waals surface area contributed by atoms with Gasteiger partial charge in [0, 0.05) is 18.9 Å². The third-order valence-corrected chi connectivity index (χ3v) is 3.48. The van der Waals surface area contributed by atoms with Crippen molar-refractivity contribution in [2.24, 2.45) is 5.92 Å². The van der Waals surface area contributed by atoms with Crippen LogP contribution in [0.1, 0.15) is 31.9 Å². The van der Waals surface area contributed by atoms with Gasteiger partial charge in [-0.1, -0.05) is 30.3 Å². The SMILES string of the molecule is CC(=O)C1CC(=O)N(C(C)c2ccccc2)C1. The Bertz CT molecular complexity index is 427. The average molecular weight is 231 g/mol. The van der Waals surface area contributed by atoms with E-state index in [1.54, 1.807) is 11.8 Å². The minimum atomic E-state index is -0.117. The van der Waals surface area contributed by atoms with Gasteiger partial charge in [-0.2, -0.15) is 0 Å². The van der Waals surface area contributed by atoms with E-state index in [0.717, 1.165) is 5.56 Å². The van der Waals surface area contributed by atoms with E-state index >= 15 is 0 Å². The maximum absolute atomic E-state index is 11.9. The molecular weight excluding hydrogens is 214 g/mol. The molecule has 1 aromatic carbocycles. The summed E-state index contributed by atoms with van der Waals surface area (Å²) in [5, 5.41) is 0. The highest BCUT2D eigenvalue weighted by molar-refractivity contribution is 5.89. The molecular formula is C14H17NO2. The number of Topliss-reactive ketones (excluding diaryl/α,β-unsaturated/α-hetero) is 1. The summed E-state index contributed by atoms with van der Waals surface area (Å²) in [5.41, 5.74) is 1.12. The van der Waals surface area contributed by atoms with Crippen LogP contribution in [0, 0.1) is 5.92 Å². The molecule has 1 saturated heterocycles. The van der Waals surface area contributed by atoms with Gasteiger partial charge in [-0.25, -0.2) is 0 Å². The van der Waals surface area contributed by atoms with Crippen molar-refractivity contribution in [3.05, 3.63) is 35.9 Å². The van der Waals surface area contributed by atoms with Gasteiger partial charge in [0.2, 0.25) is 5.91 Å². The van der Waals surface area contributed by atoms with Crippen molar-refractivity contribution in [3.63, 3.8) is 0 Å². The van der Waals surface area contributed by atoms with Gasteiger partial charge in [0.25, 0.3) is 0 Å². The molecule has 0 aliphatic carbocycles. The minimum Gasteiger partial charge on any atom is -0.335 e. The summed E-state index contributed by atoms with van der Waals surface area (Å²) >= 11 is 0. The molecule has 2 atom stereocenters. The fourth-order valence-corrected chi connectivity index (χ4v) is 2.29. The summed E-state index contributed by atoms with van der Waals surface area (Å²) in [6.07, 6.45) is 0.368. The molecule has 90 valence electrons. The van der Waals surface area contributed by atoms with Gasteiger partial charge >= 0.3 is 0 Å². The number of likely N-dealkylation sites (tertiary alicyclic amines) is 1. The third kappa shape index (κ3) is 2.38. The van der Waals surface area contributed by atoms with Crippen molar-refractivity contribution < 1.29 is 9.59 Å². The van der Waals surface area contributed by atoms with Gasteiger partial charge in [-0.3, -0.25) is 9.59 Å². The molecule has 0 N–H and O–H groups in total. The van der Waals surface area contributed by atoms with E-state index in [-0.39, 0.29) is 23.7 Å². The van der Waals surface area contributed by atoms with E-state index < -0.39 is 0 Å². The third-order valence-electron chi connectivity index (χ3n) is 3.48. The van der Waals surface area contributed by atoms with E-state index in [4.69, 9.17) is 0 Å². The number of nitrogens with zero attached hydrogens (tertiary/aromatic N) is 1. The van der Waals surface area contributed by atoms with Crippen LogP contribution < -0.4 is 0 Å². The molecule has 1 aliphatic rings. The molecule has 0 saturated carbocycles. The second kappa shape index (κ2) is 4.70. The van der Waals surface area contributed by atoms with Gasteiger partial charge in [0.1, 0.15) is 5.78 Å². The van der Waals surface area contributed by atoms with Gasteiger partial charge < -0.3 is 4.90 Å². The number of amides is 1. The second-order valence-electron chi connectivity index (χ2n) is 4.64. The number of ketones is 1. The summed E-state index contributed by atoms with van der Waals surface area (Å²) in [4.78, 5) is 25.0. The summed E-state index contributed by atoms with van der Waals surface area (Å²) < 4.78 is 0. The van der Waals surface area contributed by atoms with Crippen LogP contribution in [-0.4, -0.2) is 23.1 Å². The molecule has 1 aliphatic heterocycles. The average Bonchev–Trinajstić information content (AvgIpc) is 2.72. The summed E-state index contributed by atoms with van der Waals surface area (Å²) in [7, 11) is 0. The van der Waals surface area contributed by atoms with Crippen LogP contribution in [-0.2, 0) is 9.59 Å². The predicted molar refractivity (Wildman–Crippen MR) is 65.4 cm³/mol. The Morgan fingerprint density at radius 2 is 2.00 bits per heavy atom. The van der Waals surface area contributed by atoms with E-state index in [9.17, 15) is 9.59 Å². The molecule has 3 heteroatoms. The fraction of sp³-hybridized carbons (Fsp3) is 0.429. The molecule has 0 radical (unpaired) electrons. The zero-order valence-electron chi connectivity index (χ0n) is 10.2. The molecule has 0 aromatic heterocycles. The zero-order chi connectivity index (χ0) is 12.4. The zero-order valence-corrected chi connectivity index (χ0v) is 10.2. The van der Waals surface area contributed by atoms with Crippen LogP contribution in [0.2, 0.25) is 0 Å². The number of carbonyl (C=O) groups is 2. The maximum atomic E-state index is 11.9. The maximum Gasteiger partial charge on any atom is 0.223 e. The molecule has 2 rings (SSSR count). The normalized spacial score (nSPS) is 21.6. The van der Waals surface area contributed by atoms with Crippen LogP contribution in [0.15, 0.2) is 30.3 Å². The summed E-state index contributed by atoms with van der Waals surface area (Å²) in [6, 6.07) is 9.97. The van der Waals surface area contributed by atoms with E-state index in [2.05, 4.69) is 0 Å². The molecule has 1 fully saturated rings. The lowest BCUT2D eigenvalue weighted by molar-refractivity contribution is -0.129. The fourth-order valence-electron chi connectivity index (χ4n) is 2.29. The van der Waals surface area contributed by atoms with Crippen LogP contribution in [0.5, 0.6) is 0 Å². The monoisotopic (exact) mass is 231 g/mol. The predicted octanol–water partition coefficient (Wildman–Crippen LogP) is 2.19. The van der Waals surface area contributed by atoms with Gasteiger partial charge in [0.15, 0.2) is 0 Å². The van der Waals surface area contributed by atoms with Crippen LogP contribution in [0.4, 0.5) is 0 Å².